The van der Waals surface area contributed by atoms with Gasteiger partial charge >= 0.3 is 5.97 Å². The zero-order valence-electron chi connectivity index (χ0n) is 21.0. The maximum absolute atomic E-state index is 12.9. The van der Waals surface area contributed by atoms with Gasteiger partial charge < -0.3 is 9.26 Å². The predicted octanol–water partition coefficient (Wildman–Crippen LogP) is 6.51. The first kappa shape index (κ1) is 26.0. The van der Waals surface area contributed by atoms with Gasteiger partial charge in [0, 0.05) is 10.6 Å². The number of hydrogen-bond donors (Lipinski definition) is 1. The summed E-state index contributed by atoms with van der Waals surface area (Å²) in [6.45, 7) is 3.87. The highest BCUT2D eigenvalue weighted by atomic mass is 35.5. The Kier molecular flexibility index (Phi) is 7.03. The average molecular weight is 551 g/mol. The molecule has 5 rings (SSSR count). The minimum atomic E-state index is -3.77. The molecule has 9 heteroatoms. The van der Waals surface area contributed by atoms with Crippen molar-refractivity contribution in [2.24, 2.45) is 0 Å². The molecule has 1 aromatic heterocycles. The molecule has 0 aliphatic heterocycles. The first-order chi connectivity index (χ1) is 18.2. The molecule has 1 heterocycles. The van der Waals surface area contributed by atoms with E-state index >= 15 is 0 Å². The van der Waals surface area contributed by atoms with Crippen LogP contribution in [-0.4, -0.2) is 26.2 Å². The van der Waals surface area contributed by atoms with Gasteiger partial charge in [0.2, 0.25) is 10.0 Å². The highest BCUT2D eigenvalue weighted by Gasteiger charge is 2.52. The summed E-state index contributed by atoms with van der Waals surface area (Å²) in [6.07, 6.45) is 1.61. The van der Waals surface area contributed by atoms with Crippen molar-refractivity contribution in [3.05, 3.63) is 94.6 Å². The van der Waals surface area contributed by atoms with Crippen molar-refractivity contribution in [2.75, 3.05) is 11.3 Å². The van der Waals surface area contributed by atoms with E-state index in [2.05, 4.69) is 9.88 Å². The molecule has 0 amide bonds. The zero-order valence-corrected chi connectivity index (χ0v) is 22.6. The second kappa shape index (κ2) is 10.3. The van der Waals surface area contributed by atoms with Crippen LogP contribution < -0.4 is 4.72 Å². The van der Waals surface area contributed by atoms with Crippen molar-refractivity contribution in [2.45, 2.75) is 37.9 Å². The van der Waals surface area contributed by atoms with Gasteiger partial charge in [-0.05, 0) is 55.0 Å². The number of aryl methyl sites for hydroxylation is 1. The Balaban J connectivity index is 1.34. The van der Waals surface area contributed by atoms with Gasteiger partial charge in [-0.15, -0.1) is 0 Å². The molecule has 1 N–H and O–H groups in total. The molecule has 0 unspecified atom stereocenters. The first-order valence-corrected chi connectivity index (χ1v) is 14.3. The Morgan fingerprint density at radius 3 is 2.21 bits per heavy atom. The molecule has 0 spiro atoms. The summed E-state index contributed by atoms with van der Waals surface area (Å²) < 4.78 is 39.2. The fraction of sp³-hybridized carbons (Fsp3) is 0.241. The average Bonchev–Trinajstić information content (AvgIpc) is 3.65. The highest BCUT2D eigenvalue weighted by molar-refractivity contribution is 7.91. The normalized spacial score (nSPS) is 14.2. The van der Waals surface area contributed by atoms with Gasteiger partial charge in [-0.25, -0.2) is 8.42 Å². The van der Waals surface area contributed by atoms with Gasteiger partial charge in [-0.2, -0.15) is 0 Å². The fourth-order valence-electron chi connectivity index (χ4n) is 4.50. The number of carbonyl (C=O) groups excluding carboxylic acids is 1. The topological polar surface area (TPSA) is 98.5 Å². The molecule has 0 radical (unpaired) electrons. The monoisotopic (exact) mass is 550 g/mol. The number of halogens is 1. The summed E-state index contributed by atoms with van der Waals surface area (Å²) in [7, 11) is -3.77. The second-order valence-electron chi connectivity index (χ2n) is 9.38. The van der Waals surface area contributed by atoms with E-state index in [0.29, 0.717) is 39.9 Å². The lowest BCUT2D eigenvalue weighted by Crippen LogP contribution is -2.23. The van der Waals surface area contributed by atoms with E-state index < -0.39 is 15.4 Å². The zero-order chi connectivity index (χ0) is 26.9. The maximum Gasteiger partial charge on any atom is 0.316 e. The summed E-state index contributed by atoms with van der Waals surface area (Å²) in [5, 5.41) is 4.37. The number of sulfonamides is 1. The number of carbonyl (C=O) groups is 1. The number of benzene rings is 3. The second-order valence-corrected chi connectivity index (χ2v) is 11.5. The van der Waals surface area contributed by atoms with Crippen molar-refractivity contribution in [1.82, 2.24) is 5.16 Å². The van der Waals surface area contributed by atoms with Gasteiger partial charge in [0.05, 0.1) is 17.8 Å². The number of rotatable bonds is 9. The number of anilines is 1. The number of nitrogens with one attached hydrogen (secondary N) is 1. The smallest absolute Gasteiger partial charge is 0.316 e. The van der Waals surface area contributed by atoms with Crippen LogP contribution in [-0.2, 0) is 30.7 Å². The molecule has 38 heavy (non-hydrogen) atoms. The van der Waals surface area contributed by atoms with E-state index in [4.69, 9.17) is 20.9 Å². The van der Waals surface area contributed by atoms with Gasteiger partial charge in [-0.3, -0.25) is 9.52 Å². The Morgan fingerprint density at radius 2 is 1.61 bits per heavy atom. The lowest BCUT2D eigenvalue weighted by Gasteiger charge is -2.14. The number of hydrogen-bond acceptors (Lipinski definition) is 6. The van der Waals surface area contributed by atoms with Gasteiger partial charge in [0.1, 0.15) is 11.4 Å². The van der Waals surface area contributed by atoms with E-state index in [9.17, 15) is 13.2 Å². The van der Waals surface area contributed by atoms with Gasteiger partial charge in [-0.1, -0.05) is 83.5 Å². The van der Waals surface area contributed by atoms with E-state index in [1.54, 1.807) is 31.2 Å². The highest BCUT2D eigenvalue weighted by Crippen LogP contribution is 2.49. The van der Waals surface area contributed by atoms with Crippen molar-refractivity contribution >= 4 is 33.3 Å². The molecule has 1 aliphatic rings. The predicted molar refractivity (Wildman–Crippen MR) is 147 cm³/mol. The summed E-state index contributed by atoms with van der Waals surface area (Å²) >= 11 is 6.15. The fourth-order valence-corrected chi connectivity index (χ4v) is 6.07. The largest absolute Gasteiger partial charge is 0.465 e. The van der Waals surface area contributed by atoms with E-state index in [-0.39, 0.29) is 11.7 Å². The van der Waals surface area contributed by atoms with Crippen molar-refractivity contribution < 1.29 is 22.5 Å². The molecule has 0 saturated heterocycles. The standard InChI is InChI=1S/C29H27ClN2O5S/c1-3-36-28(33)29(16-17-29)24-14-12-21(13-15-24)20-8-10-22(11-9-20)27-26(19(2)31-37-27)32-38(34,35)18-23-6-4-5-7-25(23)30/h4-15,32H,3,16-18H2,1-2H3. The third kappa shape index (κ3) is 5.19. The Morgan fingerprint density at radius 1 is 1.00 bits per heavy atom. The number of aromatic nitrogens is 1. The SMILES string of the molecule is CCOC(=O)C1(c2ccc(-c3ccc(-c4onc(C)c4NS(=O)(=O)Cc4ccccc4Cl)cc3)cc2)CC1. The van der Waals surface area contributed by atoms with Crippen LogP contribution >= 0.6 is 11.6 Å². The lowest BCUT2D eigenvalue weighted by molar-refractivity contribution is -0.146. The first-order valence-electron chi connectivity index (χ1n) is 12.3. The Bertz CT molecular complexity index is 1570. The van der Waals surface area contributed by atoms with Crippen LogP contribution in [0.4, 0.5) is 5.69 Å². The number of ether oxygens (including phenoxy) is 1. The summed E-state index contributed by atoms with van der Waals surface area (Å²) in [5.74, 6) is -0.0988. The molecule has 1 fully saturated rings. The molecular formula is C29H27ClN2O5S. The van der Waals surface area contributed by atoms with E-state index in [1.807, 2.05) is 55.5 Å². The molecule has 1 aliphatic carbocycles. The number of esters is 1. The van der Waals surface area contributed by atoms with Crippen LogP contribution in [0.3, 0.4) is 0 Å². The molecular weight excluding hydrogens is 524 g/mol. The van der Waals surface area contributed by atoms with Crippen LogP contribution in [0.15, 0.2) is 77.3 Å². The summed E-state index contributed by atoms with van der Waals surface area (Å²) in [6, 6.07) is 22.4. The third-order valence-corrected chi connectivity index (χ3v) is 8.33. The van der Waals surface area contributed by atoms with Crippen LogP contribution in [0.25, 0.3) is 22.5 Å². The van der Waals surface area contributed by atoms with E-state index in [0.717, 1.165) is 29.5 Å². The minimum absolute atomic E-state index is 0.155. The molecule has 196 valence electrons. The molecule has 0 atom stereocenters. The minimum Gasteiger partial charge on any atom is -0.465 e. The molecule has 1 saturated carbocycles. The molecule has 7 nitrogen and oxygen atoms in total. The van der Waals surface area contributed by atoms with Crippen LogP contribution in [0.2, 0.25) is 5.02 Å². The van der Waals surface area contributed by atoms with Crippen LogP contribution in [0.1, 0.15) is 36.6 Å². The molecule has 3 aromatic carbocycles. The van der Waals surface area contributed by atoms with Crippen molar-refractivity contribution in [1.29, 1.82) is 0 Å². The Labute approximate surface area is 226 Å². The maximum atomic E-state index is 12.9. The van der Waals surface area contributed by atoms with Crippen LogP contribution in [0.5, 0.6) is 0 Å². The Hall–Kier alpha value is -3.62. The summed E-state index contributed by atoms with van der Waals surface area (Å²) in [5.41, 5.74) is 4.34. The molecule has 4 aromatic rings. The quantitative estimate of drug-likeness (QED) is 0.239. The molecule has 0 bridgehead atoms. The van der Waals surface area contributed by atoms with Gasteiger partial charge in [0.15, 0.2) is 5.76 Å². The van der Waals surface area contributed by atoms with Crippen molar-refractivity contribution in [3.63, 3.8) is 0 Å². The van der Waals surface area contributed by atoms with Gasteiger partial charge in [0.25, 0.3) is 0 Å². The number of nitrogens with zero attached hydrogens (tertiary/aromatic N) is 1. The lowest BCUT2D eigenvalue weighted by atomic mass is 9.93. The van der Waals surface area contributed by atoms with E-state index in [1.165, 1.54) is 0 Å². The van der Waals surface area contributed by atoms with Crippen LogP contribution in [0, 0.1) is 6.92 Å². The van der Waals surface area contributed by atoms with Crippen molar-refractivity contribution in [3.8, 4) is 22.5 Å². The third-order valence-electron chi connectivity index (χ3n) is 6.76. The summed E-state index contributed by atoms with van der Waals surface area (Å²) in [4.78, 5) is 12.4.